The van der Waals surface area contributed by atoms with Crippen LogP contribution in [-0.4, -0.2) is 15.1 Å². The first-order valence-corrected chi connectivity index (χ1v) is 6.01. The van der Waals surface area contributed by atoms with Gasteiger partial charge in [-0.25, -0.2) is 0 Å². The van der Waals surface area contributed by atoms with Crippen molar-refractivity contribution in [1.82, 2.24) is 9.97 Å². The number of nitrogens with zero attached hydrogens (tertiary/aromatic N) is 1. The van der Waals surface area contributed by atoms with Crippen LogP contribution in [-0.2, 0) is 0 Å². The number of phenolic OH excluding ortho intramolecular Hbond substituents is 1. The number of hydrogen-bond acceptors (Lipinski definition) is 3. The fourth-order valence-corrected chi connectivity index (χ4v) is 2.09. The van der Waals surface area contributed by atoms with Gasteiger partial charge in [-0.2, -0.15) is 4.98 Å². The number of aromatic hydroxyl groups is 1. The molecule has 4 nitrogen and oxygen atoms in total. The topological polar surface area (TPSA) is 66.0 Å². The first-order chi connectivity index (χ1) is 9.15. The number of H-pyrrole nitrogens is 1. The van der Waals surface area contributed by atoms with Crippen LogP contribution < -0.4 is 5.56 Å². The molecule has 1 aromatic heterocycles. The first kappa shape index (κ1) is 11.7. The molecule has 0 saturated carbocycles. The minimum atomic E-state index is -0.380. The number of aromatic nitrogens is 2. The Morgan fingerprint density at radius 2 is 1.95 bits per heavy atom. The third kappa shape index (κ3) is 2.06. The number of nitrogens with one attached hydrogen (secondary N) is 1. The van der Waals surface area contributed by atoms with Crippen LogP contribution in [0.5, 0.6) is 5.75 Å². The third-order valence-electron chi connectivity index (χ3n) is 2.84. The molecular formula is C14H9ClN2O2. The summed E-state index contributed by atoms with van der Waals surface area (Å²) in [6.07, 6.45) is 0. The summed E-state index contributed by atoms with van der Waals surface area (Å²) in [5, 5.41) is 10.7. The SMILES string of the molecule is O=c1nc(-c2ccccc2O)[nH]c2ccc(Cl)cc12. The number of aromatic amines is 1. The highest BCUT2D eigenvalue weighted by Gasteiger charge is 2.09. The zero-order chi connectivity index (χ0) is 13.4. The fraction of sp³-hybridized carbons (Fsp3) is 0. The highest BCUT2D eigenvalue weighted by atomic mass is 35.5. The van der Waals surface area contributed by atoms with E-state index in [4.69, 9.17) is 11.6 Å². The van der Waals surface area contributed by atoms with Crippen LogP contribution in [0.3, 0.4) is 0 Å². The molecule has 0 bridgehead atoms. The second-order valence-electron chi connectivity index (χ2n) is 4.10. The lowest BCUT2D eigenvalue weighted by molar-refractivity contribution is 0.477. The van der Waals surface area contributed by atoms with E-state index in [1.165, 1.54) is 0 Å². The van der Waals surface area contributed by atoms with Crippen LogP contribution in [0, 0.1) is 0 Å². The lowest BCUT2D eigenvalue weighted by Gasteiger charge is -2.05. The molecule has 3 rings (SSSR count). The van der Waals surface area contributed by atoms with Crippen molar-refractivity contribution in [3.63, 3.8) is 0 Å². The molecule has 0 unspecified atom stereocenters. The summed E-state index contributed by atoms with van der Waals surface area (Å²) in [6, 6.07) is 11.7. The minimum Gasteiger partial charge on any atom is -0.507 e. The maximum Gasteiger partial charge on any atom is 0.281 e. The lowest BCUT2D eigenvalue weighted by atomic mass is 10.1. The van der Waals surface area contributed by atoms with E-state index in [0.717, 1.165) is 0 Å². The molecule has 2 aromatic carbocycles. The van der Waals surface area contributed by atoms with Crippen molar-refractivity contribution in [1.29, 1.82) is 0 Å². The molecular weight excluding hydrogens is 264 g/mol. The average molecular weight is 273 g/mol. The summed E-state index contributed by atoms with van der Waals surface area (Å²) in [6.45, 7) is 0. The Kier molecular flexibility index (Phi) is 2.72. The summed E-state index contributed by atoms with van der Waals surface area (Å²) in [7, 11) is 0. The van der Waals surface area contributed by atoms with E-state index in [9.17, 15) is 9.90 Å². The van der Waals surface area contributed by atoms with Gasteiger partial charge in [0.25, 0.3) is 5.56 Å². The van der Waals surface area contributed by atoms with Crippen molar-refractivity contribution in [2.75, 3.05) is 0 Å². The Balaban J connectivity index is 2.31. The Bertz CT molecular complexity index is 827. The molecule has 0 aliphatic heterocycles. The van der Waals surface area contributed by atoms with Gasteiger partial charge in [-0.15, -0.1) is 0 Å². The predicted octanol–water partition coefficient (Wildman–Crippen LogP) is 2.95. The summed E-state index contributed by atoms with van der Waals surface area (Å²) >= 11 is 5.85. The standard InChI is InChI=1S/C14H9ClN2O2/c15-8-5-6-11-10(7-8)14(19)17-13(16-11)9-3-1-2-4-12(9)18/h1-7,18H,(H,16,17,19). The maximum atomic E-state index is 12.0. The van der Waals surface area contributed by atoms with Gasteiger partial charge in [0.2, 0.25) is 0 Å². The van der Waals surface area contributed by atoms with Crippen molar-refractivity contribution in [2.45, 2.75) is 0 Å². The molecule has 0 fully saturated rings. The van der Waals surface area contributed by atoms with Crippen molar-refractivity contribution >= 4 is 22.5 Å². The third-order valence-corrected chi connectivity index (χ3v) is 3.07. The van der Waals surface area contributed by atoms with E-state index in [2.05, 4.69) is 9.97 Å². The molecule has 19 heavy (non-hydrogen) atoms. The lowest BCUT2D eigenvalue weighted by Crippen LogP contribution is -2.09. The van der Waals surface area contributed by atoms with Crippen LogP contribution in [0.1, 0.15) is 0 Å². The van der Waals surface area contributed by atoms with Gasteiger partial charge < -0.3 is 10.1 Å². The zero-order valence-corrected chi connectivity index (χ0v) is 10.5. The smallest absolute Gasteiger partial charge is 0.281 e. The van der Waals surface area contributed by atoms with Crippen LogP contribution in [0.2, 0.25) is 5.02 Å². The molecule has 3 aromatic rings. The molecule has 94 valence electrons. The molecule has 0 aliphatic carbocycles. The number of halogens is 1. The Morgan fingerprint density at radius 3 is 2.74 bits per heavy atom. The van der Waals surface area contributed by atoms with Gasteiger partial charge >= 0.3 is 0 Å². The first-order valence-electron chi connectivity index (χ1n) is 5.63. The molecule has 1 heterocycles. The van der Waals surface area contributed by atoms with Gasteiger partial charge in [-0.3, -0.25) is 4.79 Å². The van der Waals surface area contributed by atoms with Crippen LogP contribution >= 0.6 is 11.6 Å². The summed E-state index contributed by atoms with van der Waals surface area (Å²) in [4.78, 5) is 18.9. The van der Waals surface area contributed by atoms with Gasteiger partial charge in [0, 0.05) is 5.02 Å². The van der Waals surface area contributed by atoms with Crippen molar-refractivity contribution in [2.24, 2.45) is 0 Å². The number of benzene rings is 2. The quantitative estimate of drug-likeness (QED) is 0.716. The monoisotopic (exact) mass is 272 g/mol. The highest BCUT2D eigenvalue weighted by molar-refractivity contribution is 6.31. The van der Waals surface area contributed by atoms with Crippen molar-refractivity contribution in [3.05, 3.63) is 57.8 Å². The van der Waals surface area contributed by atoms with Crippen molar-refractivity contribution < 1.29 is 5.11 Å². The van der Waals surface area contributed by atoms with Gasteiger partial charge in [0.15, 0.2) is 0 Å². The zero-order valence-electron chi connectivity index (χ0n) is 9.72. The minimum absolute atomic E-state index is 0.0685. The Hall–Kier alpha value is -2.33. The van der Waals surface area contributed by atoms with Crippen molar-refractivity contribution in [3.8, 4) is 17.1 Å². The molecule has 5 heteroatoms. The largest absolute Gasteiger partial charge is 0.507 e. The van der Waals surface area contributed by atoms with E-state index in [0.29, 0.717) is 27.3 Å². The summed E-state index contributed by atoms with van der Waals surface area (Å²) in [5.74, 6) is 0.400. The van der Waals surface area contributed by atoms with E-state index in [1.807, 2.05) is 0 Å². The number of para-hydroxylation sites is 1. The van der Waals surface area contributed by atoms with Crippen LogP contribution in [0.15, 0.2) is 47.3 Å². The predicted molar refractivity (Wildman–Crippen MR) is 74.5 cm³/mol. The van der Waals surface area contributed by atoms with E-state index in [1.54, 1.807) is 42.5 Å². The molecule has 0 atom stereocenters. The molecule has 0 amide bonds. The summed E-state index contributed by atoms with van der Waals surface area (Å²) in [5.41, 5.74) is 0.730. The van der Waals surface area contributed by atoms with Gasteiger partial charge in [0.05, 0.1) is 16.5 Å². The Labute approximate surface area is 113 Å². The summed E-state index contributed by atoms with van der Waals surface area (Å²) < 4.78 is 0. The molecule has 2 N–H and O–H groups in total. The second-order valence-corrected chi connectivity index (χ2v) is 4.53. The van der Waals surface area contributed by atoms with E-state index < -0.39 is 0 Å². The Morgan fingerprint density at radius 1 is 1.16 bits per heavy atom. The second kappa shape index (κ2) is 4.40. The number of hydrogen-bond donors (Lipinski definition) is 2. The number of fused-ring (bicyclic) bond motifs is 1. The van der Waals surface area contributed by atoms with Gasteiger partial charge in [-0.05, 0) is 30.3 Å². The fourth-order valence-electron chi connectivity index (χ4n) is 1.92. The van der Waals surface area contributed by atoms with E-state index in [-0.39, 0.29) is 11.3 Å². The van der Waals surface area contributed by atoms with Gasteiger partial charge in [-0.1, -0.05) is 23.7 Å². The molecule has 0 aliphatic rings. The normalized spacial score (nSPS) is 10.8. The van der Waals surface area contributed by atoms with E-state index >= 15 is 0 Å². The van der Waals surface area contributed by atoms with Crippen LogP contribution in [0.4, 0.5) is 0 Å². The van der Waals surface area contributed by atoms with Gasteiger partial charge in [0.1, 0.15) is 11.6 Å². The maximum absolute atomic E-state index is 12.0. The van der Waals surface area contributed by atoms with Crippen LogP contribution in [0.25, 0.3) is 22.3 Å². The molecule has 0 saturated heterocycles. The number of phenols is 1. The molecule has 0 spiro atoms. The molecule has 0 radical (unpaired) electrons. The average Bonchev–Trinajstić information content (AvgIpc) is 2.40. The highest BCUT2D eigenvalue weighted by Crippen LogP contribution is 2.26. The number of rotatable bonds is 1.